The van der Waals surface area contributed by atoms with Crippen LogP contribution in [0, 0.1) is 11.6 Å². The molecule has 1 fully saturated rings. The van der Waals surface area contributed by atoms with Gasteiger partial charge in [-0.3, -0.25) is 4.79 Å². The highest BCUT2D eigenvalue weighted by Gasteiger charge is 2.32. The fourth-order valence-electron chi connectivity index (χ4n) is 1.31. The number of carbonyl (C=O) groups excluding carboxylic acids is 1. The van der Waals surface area contributed by atoms with E-state index in [2.05, 4.69) is 4.98 Å². The molecule has 1 aliphatic rings. The predicted octanol–water partition coefficient (Wildman–Crippen LogP) is 1.15. The minimum Gasteiger partial charge on any atom is -0.331 e. The highest BCUT2D eigenvalue weighted by atomic mass is 19.1. The summed E-state index contributed by atoms with van der Waals surface area (Å²) >= 11 is 0. The van der Waals surface area contributed by atoms with Crippen molar-refractivity contribution in [2.45, 2.75) is 6.17 Å². The molecule has 1 saturated heterocycles. The molecule has 0 aromatic carbocycles. The van der Waals surface area contributed by atoms with Gasteiger partial charge in [-0.2, -0.15) is 0 Å². The Bertz CT molecular complexity index is 404. The van der Waals surface area contributed by atoms with Crippen LogP contribution in [0.3, 0.4) is 0 Å². The van der Waals surface area contributed by atoms with Gasteiger partial charge < -0.3 is 4.90 Å². The Morgan fingerprint density at radius 2 is 2.13 bits per heavy atom. The molecule has 0 radical (unpaired) electrons. The van der Waals surface area contributed by atoms with E-state index in [9.17, 15) is 18.0 Å². The SMILES string of the molecule is O=C(c1ncc(F)cc1F)N1CC(F)C1. The topological polar surface area (TPSA) is 33.2 Å². The molecule has 1 amide bonds. The van der Waals surface area contributed by atoms with Crippen LogP contribution in [0.4, 0.5) is 13.2 Å². The third-order valence-electron chi connectivity index (χ3n) is 2.13. The van der Waals surface area contributed by atoms with Gasteiger partial charge in [-0.15, -0.1) is 0 Å². The molecule has 0 bridgehead atoms. The van der Waals surface area contributed by atoms with Crippen molar-refractivity contribution in [3.63, 3.8) is 0 Å². The van der Waals surface area contributed by atoms with Crippen molar-refractivity contribution < 1.29 is 18.0 Å². The van der Waals surface area contributed by atoms with Crippen molar-refractivity contribution in [2.24, 2.45) is 0 Å². The molecule has 15 heavy (non-hydrogen) atoms. The predicted molar refractivity (Wildman–Crippen MR) is 45.0 cm³/mol. The number of hydrogen-bond donors (Lipinski definition) is 0. The number of rotatable bonds is 1. The Labute approximate surface area is 83.5 Å². The fourth-order valence-corrected chi connectivity index (χ4v) is 1.31. The molecule has 2 rings (SSSR count). The molecule has 1 aromatic heterocycles. The molecule has 0 aliphatic carbocycles. The second-order valence-corrected chi connectivity index (χ2v) is 3.29. The first kappa shape index (κ1) is 9.95. The standard InChI is InChI=1S/C9H7F3N2O/c10-5-1-7(12)8(13-2-5)9(15)14-3-6(11)4-14/h1-2,6H,3-4H2. The molecule has 0 unspecified atom stereocenters. The zero-order chi connectivity index (χ0) is 11.0. The maximum atomic E-state index is 13.1. The van der Waals surface area contributed by atoms with Crippen LogP contribution in [0.2, 0.25) is 0 Å². The van der Waals surface area contributed by atoms with Crippen LogP contribution in [0.1, 0.15) is 10.5 Å². The molecule has 0 N–H and O–H groups in total. The second kappa shape index (κ2) is 3.52. The van der Waals surface area contributed by atoms with Gasteiger partial charge in [0.15, 0.2) is 11.5 Å². The highest BCUT2D eigenvalue weighted by molar-refractivity contribution is 5.93. The normalized spacial score (nSPS) is 16.3. The summed E-state index contributed by atoms with van der Waals surface area (Å²) in [4.78, 5) is 15.9. The fraction of sp³-hybridized carbons (Fsp3) is 0.333. The number of pyridine rings is 1. The quantitative estimate of drug-likeness (QED) is 0.705. The highest BCUT2D eigenvalue weighted by Crippen LogP contribution is 2.16. The van der Waals surface area contributed by atoms with Crippen molar-refractivity contribution in [2.75, 3.05) is 13.1 Å². The van der Waals surface area contributed by atoms with Crippen LogP contribution in [0.15, 0.2) is 12.3 Å². The molecule has 2 heterocycles. The maximum absolute atomic E-state index is 13.1. The van der Waals surface area contributed by atoms with Crippen LogP contribution in [0.5, 0.6) is 0 Å². The van der Waals surface area contributed by atoms with E-state index in [-0.39, 0.29) is 13.1 Å². The van der Waals surface area contributed by atoms with Crippen LogP contribution < -0.4 is 0 Å². The van der Waals surface area contributed by atoms with Crippen molar-refractivity contribution in [1.82, 2.24) is 9.88 Å². The number of nitrogens with zero attached hydrogens (tertiary/aromatic N) is 2. The van der Waals surface area contributed by atoms with E-state index in [4.69, 9.17) is 0 Å². The third-order valence-corrected chi connectivity index (χ3v) is 2.13. The largest absolute Gasteiger partial charge is 0.331 e. The summed E-state index contributed by atoms with van der Waals surface area (Å²) in [6.45, 7) is -0.116. The van der Waals surface area contributed by atoms with Crippen LogP contribution in [0.25, 0.3) is 0 Å². The average molecular weight is 216 g/mol. The number of halogens is 3. The van der Waals surface area contributed by atoms with Gasteiger partial charge in [-0.05, 0) is 0 Å². The number of hydrogen-bond acceptors (Lipinski definition) is 2. The summed E-state index contributed by atoms with van der Waals surface area (Å²) in [5.74, 6) is -2.58. The lowest BCUT2D eigenvalue weighted by atomic mass is 10.1. The summed E-state index contributed by atoms with van der Waals surface area (Å²) in [5, 5.41) is 0. The zero-order valence-electron chi connectivity index (χ0n) is 7.58. The molecule has 1 aromatic rings. The summed E-state index contributed by atoms with van der Waals surface area (Å²) in [6, 6.07) is 0.576. The number of alkyl halides is 1. The summed E-state index contributed by atoms with van der Waals surface area (Å²) < 4.78 is 38.0. The Morgan fingerprint density at radius 1 is 1.47 bits per heavy atom. The van der Waals surface area contributed by atoms with E-state index in [1.165, 1.54) is 0 Å². The van der Waals surface area contributed by atoms with Crippen LogP contribution >= 0.6 is 0 Å². The monoisotopic (exact) mass is 216 g/mol. The zero-order valence-corrected chi connectivity index (χ0v) is 7.58. The van der Waals surface area contributed by atoms with Gasteiger partial charge in [0, 0.05) is 6.07 Å². The summed E-state index contributed by atoms with van der Waals surface area (Å²) in [7, 11) is 0. The van der Waals surface area contributed by atoms with Gasteiger partial charge in [0.25, 0.3) is 5.91 Å². The first-order valence-corrected chi connectivity index (χ1v) is 4.32. The second-order valence-electron chi connectivity index (χ2n) is 3.29. The van der Waals surface area contributed by atoms with E-state index in [1.807, 2.05) is 0 Å². The van der Waals surface area contributed by atoms with Crippen LogP contribution in [-0.2, 0) is 0 Å². The molecule has 3 nitrogen and oxygen atoms in total. The Balaban J connectivity index is 2.19. The van der Waals surface area contributed by atoms with E-state index >= 15 is 0 Å². The number of amides is 1. The number of carbonyl (C=O) groups is 1. The van der Waals surface area contributed by atoms with E-state index in [1.54, 1.807) is 0 Å². The first-order valence-electron chi connectivity index (χ1n) is 4.32. The van der Waals surface area contributed by atoms with E-state index in [0.717, 1.165) is 11.1 Å². The Morgan fingerprint density at radius 3 is 2.67 bits per heavy atom. The lowest BCUT2D eigenvalue weighted by Gasteiger charge is -2.33. The first-order chi connectivity index (χ1) is 7.08. The van der Waals surface area contributed by atoms with E-state index in [0.29, 0.717) is 6.07 Å². The van der Waals surface area contributed by atoms with E-state index < -0.39 is 29.4 Å². The molecule has 0 saturated carbocycles. The van der Waals surface area contributed by atoms with Gasteiger partial charge >= 0.3 is 0 Å². The van der Waals surface area contributed by atoms with Gasteiger partial charge in [0.1, 0.15) is 12.0 Å². The van der Waals surface area contributed by atoms with Gasteiger partial charge in [-0.1, -0.05) is 0 Å². The Hall–Kier alpha value is -1.59. The summed E-state index contributed by atoms with van der Waals surface area (Å²) in [5.41, 5.74) is -0.469. The molecule has 0 atom stereocenters. The van der Waals surface area contributed by atoms with Gasteiger partial charge in [-0.25, -0.2) is 18.2 Å². The molecule has 80 valence electrons. The van der Waals surface area contributed by atoms with Crippen molar-refractivity contribution in [3.05, 3.63) is 29.6 Å². The van der Waals surface area contributed by atoms with Gasteiger partial charge in [0.2, 0.25) is 0 Å². The number of likely N-dealkylation sites (tertiary alicyclic amines) is 1. The lowest BCUT2D eigenvalue weighted by Crippen LogP contribution is -2.51. The minimum absolute atomic E-state index is 0.0582. The lowest BCUT2D eigenvalue weighted by molar-refractivity contribution is 0.0389. The molecule has 0 spiro atoms. The van der Waals surface area contributed by atoms with Crippen molar-refractivity contribution >= 4 is 5.91 Å². The van der Waals surface area contributed by atoms with Crippen molar-refractivity contribution in [3.8, 4) is 0 Å². The number of aromatic nitrogens is 1. The smallest absolute Gasteiger partial charge is 0.275 e. The average Bonchev–Trinajstić information content (AvgIpc) is 2.12. The molecular formula is C9H7F3N2O. The van der Waals surface area contributed by atoms with Crippen molar-refractivity contribution in [1.29, 1.82) is 0 Å². The third kappa shape index (κ3) is 1.79. The minimum atomic E-state index is -1.06. The van der Waals surface area contributed by atoms with Gasteiger partial charge in [0.05, 0.1) is 19.3 Å². The van der Waals surface area contributed by atoms with Crippen LogP contribution in [-0.4, -0.2) is 35.1 Å². The molecular weight excluding hydrogens is 209 g/mol. The maximum Gasteiger partial charge on any atom is 0.275 e. The molecule has 1 aliphatic heterocycles. The molecule has 6 heteroatoms. The summed E-state index contributed by atoms with van der Waals surface area (Å²) in [6.07, 6.45) is -0.305. The Kier molecular flexibility index (Phi) is 2.34.